The summed E-state index contributed by atoms with van der Waals surface area (Å²) in [4.78, 5) is 0. The first-order chi connectivity index (χ1) is 10.6. The largest absolute Gasteiger partial charge is 0.394 e. The summed E-state index contributed by atoms with van der Waals surface area (Å²) in [6, 6.07) is 10.9. The van der Waals surface area contributed by atoms with Crippen molar-refractivity contribution in [3.63, 3.8) is 0 Å². The number of allylic oxidation sites excluding steroid dienone is 1. The van der Waals surface area contributed by atoms with Gasteiger partial charge in [-0.25, -0.2) is 4.68 Å². The Balaban J connectivity index is 2.55. The summed E-state index contributed by atoms with van der Waals surface area (Å²) in [6.07, 6.45) is 1.58. The zero-order chi connectivity index (χ0) is 16.1. The van der Waals surface area contributed by atoms with Gasteiger partial charge in [-0.1, -0.05) is 23.7 Å². The third-order valence-corrected chi connectivity index (χ3v) is 3.19. The van der Waals surface area contributed by atoms with E-state index in [1.54, 1.807) is 30.3 Å². The highest BCUT2D eigenvalue weighted by atomic mass is 35.5. The molecule has 0 unspecified atom stereocenters. The lowest BCUT2D eigenvalue weighted by molar-refractivity contribution is 0.270. The zero-order valence-electron chi connectivity index (χ0n) is 11.5. The second kappa shape index (κ2) is 6.77. The van der Waals surface area contributed by atoms with Crippen LogP contribution in [0.4, 0.5) is 5.82 Å². The first-order valence-electron chi connectivity index (χ1n) is 6.35. The maximum Gasteiger partial charge on any atom is 0.140 e. The van der Waals surface area contributed by atoms with E-state index in [2.05, 4.69) is 5.10 Å². The van der Waals surface area contributed by atoms with Gasteiger partial charge in [0.2, 0.25) is 0 Å². The van der Waals surface area contributed by atoms with Crippen LogP contribution in [0.2, 0.25) is 5.02 Å². The summed E-state index contributed by atoms with van der Waals surface area (Å²) in [7, 11) is 0. The molecular weight excluding hydrogens is 302 g/mol. The monoisotopic (exact) mass is 313 g/mol. The fourth-order valence-electron chi connectivity index (χ4n) is 1.96. The van der Waals surface area contributed by atoms with E-state index in [4.69, 9.17) is 22.4 Å². The normalized spacial score (nSPS) is 11.0. The molecule has 110 valence electrons. The van der Waals surface area contributed by atoms with Crippen LogP contribution in [0.5, 0.6) is 0 Å². The minimum absolute atomic E-state index is 0.114. The Labute approximate surface area is 132 Å². The Bertz CT molecular complexity index is 810. The fourth-order valence-corrected chi connectivity index (χ4v) is 2.15. The number of hydrogen-bond donors (Lipinski definition) is 2. The summed E-state index contributed by atoms with van der Waals surface area (Å²) in [5.74, 6) is 0.124. The Morgan fingerprint density at radius 3 is 2.82 bits per heavy atom. The Morgan fingerprint density at radius 1 is 1.45 bits per heavy atom. The van der Waals surface area contributed by atoms with Crippen LogP contribution < -0.4 is 5.73 Å². The molecule has 2 aromatic rings. The summed E-state index contributed by atoms with van der Waals surface area (Å²) in [5, 5.41) is 32.3. The van der Waals surface area contributed by atoms with Crippen LogP contribution in [-0.2, 0) is 6.54 Å². The number of aromatic nitrogens is 2. The van der Waals surface area contributed by atoms with Crippen molar-refractivity contribution in [1.29, 1.82) is 10.5 Å². The molecule has 0 bridgehead atoms. The molecule has 1 aromatic heterocycles. The van der Waals surface area contributed by atoms with Gasteiger partial charge in [0.25, 0.3) is 0 Å². The van der Waals surface area contributed by atoms with E-state index in [0.29, 0.717) is 10.6 Å². The molecule has 0 aliphatic carbocycles. The van der Waals surface area contributed by atoms with E-state index < -0.39 is 0 Å². The molecule has 6 nitrogen and oxygen atoms in total. The minimum atomic E-state index is -0.171. The zero-order valence-corrected chi connectivity index (χ0v) is 12.2. The van der Waals surface area contributed by atoms with Crippen molar-refractivity contribution < 1.29 is 5.11 Å². The molecule has 0 saturated carbocycles. The highest BCUT2D eigenvalue weighted by Gasteiger charge is 2.18. The molecule has 0 aliphatic rings. The van der Waals surface area contributed by atoms with Crippen LogP contribution in [0.1, 0.15) is 16.8 Å². The second-order valence-electron chi connectivity index (χ2n) is 4.39. The van der Waals surface area contributed by atoms with Gasteiger partial charge in [-0.3, -0.25) is 0 Å². The fraction of sp³-hybridized carbons (Fsp3) is 0.133. The topological polar surface area (TPSA) is 112 Å². The number of nitrogens with zero attached hydrogens (tertiary/aromatic N) is 4. The van der Waals surface area contributed by atoms with Crippen LogP contribution in [0.3, 0.4) is 0 Å². The van der Waals surface area contributed by atoms with Crippen LogP contribution in [0.25, 0.3) is 11.6 Å². The first kappa shape index (κ1) is 15.6. The van der Waals surface area contributed by atoms with Crippen molar-refractivity contribution >= 4 is 29.1 Å². The lowest BCUT2D eigenvalue weighted by Crippen LogP contribution is -2.07. The summed E-state index contributed by atoms with van der Waals surface area (Å²) < 4.78 is 1.30. The van der Waals surface area contributed by atoms with Gasteiger partial charge in [-0.2, -0.15) is 15.6 Å². The highest BCUT2D eigenvalue weighted by molar-refractivity contribution is 6.30. The van der Waals surface area contributed by atoms with Gasteiger partial charge in [0.1, 0.15) is 29.2 Å². The number of nitrogen functional groups attached to an aromatic ring is 1. The molecule has 0 spiro atoms. The maximum absolute atomic E-state index is 9.36. The number of aliphatic hydroxyl groups excluding tert-OH is 1. The van der Waals surface area contributed by atoms with Gasteiger partial charge < -0.3 is 10.8 Å². The van der Waals surface area contributed by atoms with Crippen LogP contribution >= 0.6 is 11.6 Å². The number of nitrogens with two attached hydrogens (primary N) is 1. The Morgan fingerprint density at radius 2 is 2.23 bits per heavy atom. The van der Waals surface area contributed by atoms with Crippen molar-refractivity contribution in [2.24, 2.45) is 0 Å². The molecule has 0 saturated heterocycles. The van der Waals surface area contributed by atoms with Gasteiger partial charge in [0, 0.05) is 5.02 Å². The molecule has 0 atom stereocenters. The highest BCUT2D eigenvalue weighted by Crippen LogP contribution is 2.25. The van der Waals surface area contributed by atoms with Gasteiger partial charge in [-0.15, -0.1) is 0 Å². The average Bonchev–Trinajstić information content (AvgIpc) is 2.81. The van der Waals surface area contributed by atoms with E-state index in [-0.39, 0.29) is 35.8 Å². The summed E-state index contributed by atoms with van der Waals surface area (Å²) in [6.45, 7) is -0.0214. The standard InChI is InChI=1S/C15H12ClN5O/c16-12-3-1-2-10(7-12)6-11(8-17)14-13(9-18)15(19)21(20-14)4-5-22/h1-3,6-7,22H,4-5,19H2/b11-6+. The van der Waals surface area contributed by atoms with Gasteiger partial charge in [0.05, 0.1) is 18.7 Å². The third kappa shape index (κ3) is 3.09. The quantitative estimate of drug-likeness (QED) is 0.839. The number of hydrogen-bond acceptors (Lipinski definition) is 5. The smallest absolute Gasteiger partial charge is 0.140 e. The number of halogens is 1. The molecule has 3 N–H and O–H groups in total. The number of benzene rings is 1. The predicted octanol–water partition coefficient (Wildman–Crippen LogP) is 2.05. The molecule has 1 aromatic carbocycles. The SMILES string of the molecule is N#C/C(=C\c1cccc(Cl)c1)c1nn(CCO)c(N)c1C#N. The molecule has 0 fully saturated rings. The first-order valence-corrected chi connectivity index (χ1v) is 6.73. The lowest BCUT2D eigenvalue weighted by Gasteiger charge is -1.99. The molecule has 2 rings (SSSR count). The van der Waals surface area contributed by atoms with E-state index in [0.717, 1.165) is 0 Å². The van der Waals surface area contributed by atoms with Crippen molar-refractivity contribution in [3.8, 4) is 12.1 Å². The van der Waals surface area contributed by atoms with Gasteiger partial charge >= 0.3 is 0 Å². The van der Waals surface area contributed by atoms with Gasteiger partial charge in [0.15, 0.2) is 0 Å². The third-order valence-electron chi connectivity index (χ3n) is 2.95. The maximum atomic E-state index is 9.36. The van der Waals surface area contributed by atoms with E-state index in [1.807, 2.05) is 12.1 Å². The molecule has 1 heterocycles. The molecule has 0 aliphatic heterocycles. The predicted molar refractivity (Wildman–Crippen MR) is 83.4 cm³/mol. The Kier molecular flexibility index (Phi) is 4.80. The van der Waals surface area contributed by atoms with Crippen molar-refractivity contribution in [1.82, 2.24) is 9.78 Å². The van der Waals surface area contributed by atoms with Crippen molar-refractivity contribution in [2.45, 2.75) is 6.54 Å². The molecule has 22 heavy (non-hydrogen) atoms. The number of rotatable bonds is 4. The van der Waals surface area contributed by atoms with E-state index >= 15 is 0 Å². The minimum Gasteiger partial charge on any atom is -0.394 e. The average molecular weight is 314 g/mol. The summed E-state index contributed by atoms with van der Waals surface area (Å²) >= 11 is 5.91. The van der Waals surface area contributed by atoms with Crippen LogP contribution in [-0.4, -0.2) is 21.5 Å². The summed E-state index contributed by atoms with van der Waals surface area (Å²) in [5.41, 5.74) is 7.03. The van der Waals surface area contributed by atoms with Gasteiger partial charge in [-0.05, 0) is 23.8 Å². The second-order valence-corrected chi connectivity index (χ2v) is 4.83. The lowest BCUT2D eigenvalue weighted by atomic mass is 10.1. The van der Waals surface area contributed by atoms with E-state index in [9.17, 15) is 10.5 Å². The number of nitriles is 2. The van der Waals surface area contributed by atoms with Crippen molar-refractivity contribution in [2.75, 3.05) is 12.3 Å². The molecule has 0 amide bonds. The van der Waals surface area contributed by atoms with Crippen LogP contribution in [0, 0.1) is 22.7 Å². The molecule has 7 heteroatoms. The van der Waals surface area contributed by atoms with Crippen molar-refractivity contribution in [3.05, 3.63) is 46.1 Å². The number of anilines is 1. The van der Waals surface area contributed by atoms with Crippen LogP contribution in [0.15, 0.2) is 24.3 Å². The van der Waals surface area contributed by atoms with E-state index in [1.165, 1.54) is 4.68 Å². The molecular formula is C15H12ClN5O. The Hall–Kier alpha value is -2.80. The number of aliphatic hydroxyl groups is 1. The molecule has 0 radical (unpaired) electrons.